The number of aromatic carboxylic acids is 4. The Morgan fingerprint density at radius 2 is 0.509 bits per heavy atom. The van der Waals surface area contributed by atoms with Crippen LogP contribution in [0.2, 0.25) is 0 Å². The second-order valence-corrected chi connectivity index (χ2v) is 15.5. The van der Waals surface area contributed by atoms with Crippen molar-refractivity contribution in [3.05, 3.63) is 142 Å². The largest absolute Gasteiger partial charge is 0.545 e. The fourth-order valence-corrected chi connectivity index (χ4v) is 5.53. The van der Waals surface area contributed by atoms with Gasteiger partial charge in [-0.1, -0.05) is 152 Å². The van der Waals surface area contributed by atoms with Crippen molar-refractivity contribution in [3.8, 4) is 0 Å². The summed E-state index contributed by atoms with van der Waals surface area (Å²) in [7, 11) is 0. The molecular formula is C48H60O8Pb-4. The molecule has 0 saturated heterocycles. The van der Waals surface area contributed by atoms with Crippen LogP contribution in [0, 0.1) is 23.7 Å². The van der Waals surface area contributed by atoms with Crippen LogP contribution in [0.25, 0.3) is 0 Å². The Balaban J connectivity index is 0.000000729. The van der Waals surface area contributed by atoms with Crippen molar-refractivity contribution in [2.75, 3.05) is 0 Å². The van der Waals surface area contributed by atoms with E-state index in [0.717, 1.165) is 73.6 Å². The first-order valence-electron chi connectivity index (χ1n) is 19.6. The molecule has 0 spiro atoms. The molecule has 4 rings (SSSR count). The van der Waals surface area contributed by atoms with Gasteiger partial charge in [0, 0.05) is 49.6 Å². The van der Waals surface area contributed by atoms with E-state index in [1.54, 1.807) is 48.5 Å². The van der Waals surface area contributed by atoms with Gasteiger partial charge < -0.3 is 39.6 Å². The summed E-state index contributed by atoms with van der Waals surface area (Å²) in [6, 6.07) is 28.2. The maximum absolute atomic E-state index is 10.8. The summed E-state index contributed by atoms with van der Waals surface area (Å²) in [5.74, 6) is -1.97. The molecule has 0 unspecified atom stereocenters. The predicted octanol–water partition coefficient (Wildman–Crippen LogP) is 6.17. The SMILES string of the molecule is CC(C)CCc1ccccc1C(=O)[O-].CC(C)CCc1ccccc1C(=O)[O-].CC(C)CCc1ccccc1C(=O)[O-].CC(C)CCc1ccccc1C(=O)[O-].[Pb]. The van der Waals surface area contributed by atoms with Crippen molar-refractivity contribution in [2.45, 2.75) is 107 Å². The number of carboxylic acid groups (broad SMARTS) is 4. The zero-order chi connectivity index (χ0) is 42.2. The normalized spacial score (nSPS) is 10.3. The predicted molar refractivity (Wildman–Crippen MR) is 221 cm³/mol. The monoisotopic (exact) mass is 972 g/mol. The number of rotatable bonds is 16. The molecule has 0 aliphatic carbocycles. The van der Waals surface area contributed by atoms with Gasteiger partial charge in [-0.25, -0.2) is 0 Å². The zero-order valence-electron chi connectivity index (χ0n) is 35.0. The molecule has 9 heteroatoms. The van der Waals surface area contributed by atoms with Crippen LogP contribution in [-0.2, 0) is 25.7 Å². The van der Waals surface area contributed by atoms with Gasteiger partial charge in [0.15, 0.2) is 0 Å². The van der Waals surface area contributed by atoms with Crippen LogP contribution in [0.5, 0.6) is 0 Å². The first kappa shape index (κ1) is 52.7. The number of aryl methyl sites for hydroxylation is 4. The second kappa shape index (κ2) is 29.0. The van der Waals surface area contributed by atoms with E-state index in [1.807, 2.05) is 48.5 Å². The minimum absolute atomic E-state index is 0. The molecule has 0 amide bonds. The first-order valence-corrected chi connectivity index (χ1v) is 19.6. The summed E-state index contributed by atoms with van der Waals surface area (Å²) in [6.45, 7) is 17.0. The van der Waals surface area contributed by atoms with Crippen LogP contribution >= 0.6 is 0 Å². The summed E-state index contributed by atoms with van der Waals surface area (Å²) in [4.78, 5) is 43.0. The number of carbonyl (C=O) groups is 4. The fraction of sp³-hybridized carbons (Fsp3) is 0.417. The van der Waals surface area contributed by atoms with Crippen LogP contribution in [-0.4, -0.2) is 51.2 Å². The Morgan fingerprint density at radius 1 is 0.351 bits per heavy atom. The third-order valence-electron chi connectivity index (χ3n) is 8.91. The van der Waals surface area contributed by atoms with Gasteiger partial charge >= 0.3 is 0 Å². The topological polar surface area (TPSA) is 161 Å². The van der Waals surface area contributed by atoms with E-state index in [1.165, 1.54) is 0 Å². The van der Waals surface area contributed by atoms with Gasteiger partial charge in [0.1, 0.15) is 0 Å². The smallest absolute Gasteiger partial charge is 0.0718 e. The Hall–Kier alpha value is -4.32. The molecule has 0 bridgehead atoms. The molecule has 0 saturated carbocycles. The van der Waals surface area contributed by atoms with E-state index in [-0.39, 0.29) is 27.3 Å². The molecule has 0 N–H and O–H groups in total. The second-order valence-electron chi connectivity index (χ2n) is 15.5. The molecule has 4 radical (unpaired) electrons. The third-order valence-corrected chi connectivity index (χ3v) is 8.91. The standard InChI is InChI=1S/4C12H16O2.Pb/c4*1-9(2)7-8-10-5-3-4-6-11(10)12(13)14;/h4*3-6,9H,7-8H2,1-2H3,(H,13,14);/p-4. The molecule has 8 nitrogen and oxygen atoms in total. The van der Waals surface area contributed by atoms with Crippen molar-refractivity contribution in [2.24, 2.45) is 23.7 Å². The molecule has 4 aromatic rings. The van der Waals surface area contributed by atoms with Gasteiger partial charge in [-0.05, 0) is 97.3 Å². The van der Waals surface area contributed by atoms with Gasteiger partial charge in [-0.2, -0.15) is 0 Å². The molecule has 0 aliphatic rings. The number of carbonyl (C=O) groups excluding carboxylic acids is 4. The number of benzene rings is 4. The van der Waals surface area contributed by atoms with Gasteiger partial charge in [-0.15, -0.1) is 0 Å². The minimum atomic E-state index is -1.08. The van der Waals surface area contributed by atoms with Gasteiger partial charge in [0.05, 0.1) is 23.9 Å². The number of hydrogen-bond acceptors (Lipinski definition) is 8. The van der Waals surface area contributed by atoms with Crippen LogP contribution < -0.4 is 20.4 Å². The zero-order valence-corrected chi connectivity index (χ0v) is 38.9. The average molecular weight is 972 g/mol. The van der Waals surface area contributed by atoms with Crippen molar-refractivity contribution in [3.63, 3.8) is 0 Å². The molecular weight excluding hydrogens is 912 g/mol. The number of hydrogen-bond donors (Lipinski definition) is 0. The molecule has 57 heavy (non-hydrogen) atoms. The number of carboxylic acids is 4. The Morgan fingerprint density at radius 3 is 0.649 bits per heavy atom. The van der Waals surface area contributed by atoms with Crippen molar-refractivity contribution in [1.82, 2.24) is 0 Å². The van der Waals surface area contributed by atoms with Gasteiger partial charge in [0.2, 0.25) is 0 Å². The summed E-state index contributed by atoms with van der Waals surface area (Å²) >= 11 is 0. The third kappa shape index (κ3) is 22.3. The quantitative estimate of drug-likeness (QED) is 0.121. The average Bonchev–Trinajstić information content (AvgIpc) is 3.15. The van der Waals surface area contributed by atoms with Crippen LogP contribution in [0.3, 0.4) is 0 Å². The molecule has 308 valence electrons. The molecule has 0 aromatic heterocycles. The molecule has 0 heterocycles. The molecule has 0 atom stereocenters. The van der Waals surface area contributed by atoms with Crippen LogP contribution in [0.4, 0.5) is 0 Å². The van der Waals surface area contributed by atoms with E-state index in [4.69, 9.17) is 0 Å². The first-order chi connectivity index (χ1) is 26.4. The maximum Gasteiger partial charge on any atom is 0.0718 e. The summed E-state index contributed by atoms with van der Waals surface area (Å²) in [5.41, 5.74) is 4.81. The van der Waals surface area contributed by atoms with E-state index < -0.39 is 23.9 Å². The molecule has 0 fully saturated rings. The Labute approximate surface area is 360 Å². The van der Waals surface area contributed by atoms with Crippen LogP contribution in [0.15, 0.2) is 97.1 Å². The summed E-state index contributed by atoms with van der Waals surface area (Å²) in [5, 5.41) is 43.0. The van der Waals surface area contributed by atoms with Gasteiger partial charge in [0.25, 0.3) is 0 Å². The molecule has 0 aliphatic heterocycles. The summed E-state index contributed by atoms with van der Waals surface area (Å²) in [6.07, 6.45) is 7.25. The summed E-state index contributed by atoms with van der Waals surface area (Å²) < 4.78 is 0. The fourth-order valence-electron chi connectivity index (χ4n) is 5.53. The Kier molecular flexibility index (Phi) is 26.8. The van der Waals surface area contributed by atoms with Crippen molar-refractivity contribution >= 4 is 51.2 Å². The van der Waals surface area contributed by atoms with Gasteiger partial charge in [-0.3, -0.25) is 0 Å². The Bertz CT molecular complexity index is 1530. The molecule has 4 aromatic carbocycles. The van der Waals surface area contributed by atoms with E-state index in [9.17, 15) is 39.6 Å². The van der Waals surface area contributed by atoms with E-state index in [0.29, 0.717) is 45.9 Å². The van der Waals surface area contributed by atoms with Crippen LogP contribution in [0.1, 0.15) is 145 Å². The van der Waals surface area contributed by atoms with Crippen molar-refractivity contribution in [1.29, 1.82) is 0 Å². The van der Waals surface area contributed by atoms with Crippen molar-refractivity contribution < 1.29 is 39.6 Å². The van der Waals surface area contributed by atoms with E-state index in [2.05, 4.69) is 55.4 Å². The van der Waals surface area contributed by atoms with E-state index >= 15 is 0 Å². The minimum Gasteiger partial charge on any atom is -0.545 e. The maximum atomic E-state index is 10.8.